The summed E-state index contributed by atoms with van der Waals surface area (Å²) in [4.78, 5) is 24.1. The van der Waals surface area contributed by atoms with Crippen LogP contribution in [0, 0.1) is 0 Å². The Morgan fingerprint density at radius 3 is 2.61 bits per heavy atom. The van der Waals surface area contributed by atoms with Crippen LogP contribution in [-0.4, -0.2) is 21.2 Å². The van der Waals surface area contributed by atoms with Gasteiger partial charge in [-0.05, 0) is 32.0 Å². The number of nitrogens with two attached hydrogens (primary N) is 1. The third-order valence-corrected chi connectivity index (χ3v) is 2.70. The highest BCUT2D eigenvalue weighted by molar-refractivity contribution is 5.90. The summed E-state index contributed by atoms with van der Waals surface area (Å²) in [6, 6.07) is 4.57. The van der Waals surface area contributed by atoms with Gasteiger partial charge in [0.05, 0.1) is 11.0 Å². The minimum Gasteiger partial charge on any atom is -0.399 e. The van der Waals surface area contributed by atoms with Gasteiger partial charge in [0.1, 0.15) is 0 Å². The number of anilines is 1. The zero-order valence-electron chi connectivity index (χ0n) is 10.6. The van der Waals surface area contributed by atoms with Crippen molar-refractivity contribution in [3.05, 3.63) is 28.7 Å². The summed E-state index contributed by atoms with van der Waals surface area (Å²) < 4.78 is 2.53. The molecule has 1 heterocycles. The van der Waals surface area contributed by atoms with Crippen molar-refractivity contribution in [3.63, 3.8) is 0 Å². The number of carbonyl (C=O) groups is 1. The molecule has 6 nitrogen and oxygen atoms in total. The normalized spacial score (nSPS) is 11.1. The number of hydrogen-bond donors (Lipinski definition) is 2. The first-order valence-corrected chi connectivity index (χ1v) is 5.69. The maximum Gasteiger partial charge on any atom is 0.337 e. The lowest BCUT2D eigenvalue weighted by molar-refractivity contribution is 0.240. The van der Waals surface area contributed by atoms with E-state index in [1.807, 2.05) is 13.8 Å². The van der Waals surface area contributed by atoms with E-state index in [1.165, 1.54) is 4.57 Å². The van der Waals surface area contributed by atoms with Crippen molar-refractivity contribution >= 4 is 22.8 Å². The first-order valence-electron chi connectivity index (χ1n) is 5.69. The number of imidazole rings is 1. The minimum atomic E-state index is -0.439. The van der Waals surface area contributed by atoms with Crippen LogP contribution < -0.4 is 16.7 Å². The van der Waals surface area contributed by atoms with E-state index >= 15 is 0 Å². The van der Waals surface area contributed by atoms with Gasteiger partial charge in [-0.1, -0.05) is 0 Å². The highest BCUT2D eigenvalue weighted by atomic mass is 16.2. The molecule has 0 aliphatic carbocycles. The van der Waals surface area contributed by atoms with Gasteiger partial charge >= 0.3 is 11.7 Å². The molecule has 0 saturated heterocycles. The molecule has 0 aliphatic heterocycles. The van der Waals surface area contributed by atoms with Crippen molar-refractivity contribution in [3.8, 4) is 0 Å². The molecule has 0 spiro atoms. The SMILES string of the molecule is CC(C)NC(=O)n1c(=O)n(C)c2ccc(N)cc21. The van der Waals surface area contributed by atoms with E-state index in [-0.39, 0.29) is 11.7 Å². The fourth-order valence-corrected chi connectivity index (χ4v) is 1.87. The number of nitrogens with zero attached hydrogens (tertiary/aromatic N) is 2. The van der Waals surface area contributed by atoms with Gasteiger partial charge in [-0.2, -0.15) is 0 Å². The summed E-state index contributed by atoms with van der Waals surface area (Å²) in [6.07, 6.45) is 0. The lowest BCUT2D eigenvalue weighted by Gasteiger charge is -2.08. The Kier molecular flexibility index (Phi) is 2.86. The highest BCUT2D eigenvalue weighted by Crippen LogP contribution is 2.15. The third kappa shape index (κ3) is 1.85. The van der Waals surface area contributed by atoms with Crippen molar-refractivity contribution in [2.75, 3.05) is 5.73 Å². The summed E-state index contributed by atoms with van der Waals surface area (Å²) in [5.74, 6) is 0. The number of aryl methyl sites for hydroxylation is 1. The maximum absolute atomic E-state index is 12.0. The topological polar surface area (TPSA) is 82.0 Å². The van der Waals surface area contributed by atoms with E-state index in [1.54, 1.807) is 25.2 Å². The van der Waals surface area contributed by atoms with E-state index < -0.39 is 6.03 Å². The monoisotopic (exact) mass is 248 g/mol. The number of amides is 1. The van der Waals surface area contributed by atoms with Crippen molar-refractivity contribution in [2.24, 2.45) is 7.05 Å². The van der Waals surface area contributed by atoms with Crippen LogP contribution >= 0.6 is 0 Å². The Balaban J connectivity index is 2.70. The van der Waals surface area contributed by atoms with Gasteiger partial charge in [-0.3, -0.25) is 4.57 Å². The molecule has 0 unspecified atom stereocenters. The number of carbonyl (C=O) groups excluding carboxylic acids is 1. The van der Waals surface area contributed by atoms with E-state index in [0.717, 1.165) is 4.57 Å². The summed E-state index contributed by atoms with van der Waals surface area (Å²) >= 11 is 0. The Bertz CT molecular complexity index is 667. The molecule has 0 aliphatic rings. The van der Waals surface area contributed by atoms with Crippen LogP contribution in [0.1, 0.15) is 13.8 Å². The Morgan fingerprint density at radius 2 is 2.00 bits per heavy atom. The van der Waals surface area contributed by atoms with Crippen LogP contribution in [-0.2, 0) is 7.05 Å². The van der Waals surface area contributed by atoms with Gasteiger partial charge in [-0.25, -0.2) is 14.2 Å². The van der Waals surface area contributed by atoms with E-state index in [4.69, 9.17) is 5.73 Å². The van der Waals surface area contributed by atoms with E-state index in [0.29, 0.717) is 16.7 Å². The van der Waals surface area contributed by atoms with Crippen LogP contribution in [0.25, 0.3) is 11.0 Å². The lowest BCUT2D eigenvalue weighted by Crippen LogP contribution is -2.39. The molecule has 0 saturated carbocycles. The van der Waals surface area contributed by atoms with Crippen LogP contribution in [0.2, 0.25) is 0 Å². The van der Waals surface area contributed by atoms with Gasteiger partial charge < -0.3 is 11.1 Å². The molecule has 6 heteroatoms. The number of benzene rings is 1. The lowest BCUT2D eigenvalue weighted by atomic mass is 10.3. The second-order valence-corrected chi connectivity index (χ2v) is 4.53. The van der Waals surface area contributed by atoms with Crippen molar-refractivity contribution in [1.82, 2.24) is 14.5 Å². The number of nitrogen functional groups attached to an aromatic ring is 1. The average Bonchev–Trinajstić information content (AvgIpc) is 2.50. The second-order valence-electron chi connectivity index (χ2n) is 4.53. The first kappa shape index (κ1) is 12.2. The molecule has 0 atom stereocenters. The predicted molar refractivity (Wildman–Crippen MR) is 70.7 cm³/mol. The molecule has 1 aromatic carbocycles. The molecule has 0 bridgehead atoms. The summed E-state index contributed by atoms with van der Waals surface area (Å²) in [5, 5.41) is 2.69. The Labute approximate surface area is 104 Å². The Morgan fingerprint density at radius 1 is 1.33 bits per heavy atom. The minimum absolute atomic E-state index is 0.0410. The smallest absolute Gasteiger partial charge is 0.337 e. The fraction of sp³-hybridized carbons (Fsp3) is 0.333. The van der Waals surface area contributed by atoms with Gasteiger partial charge in [0.2, 0.25) is 0 Å². The van der Waals surface area contributed by atoms with Crippen LogP contribution in [0.3, 0.4) is 0 Å². The molecule has 2 rings (SSSR count). The molecular formula is C12H16N4O2. The summed E-state index contributed by atoms with van der Waals surface area (Å²) in [5.41, 5.74) is 7.02. The molecule has 0 fully saturated rings. The number of hydrogen-bond acceptors (Lipinski definition) is 3. The number of fused-ring (bicyclic) bond motifs is 1. The summed E-state index contributed by atoms with van der Waals surface area (Å²) in [7, 11) is 1.63. The predicted octanol–water partition coefficient (Wildman–Crippen LogP) is 0.888. The number of rotatable bonds is 1. The molecule has 18 heavy (non-hydrogen) atoms. The van der Waals surface area contributed by atoms with Gasteiger partial charge in [0, 0.05) is 18.8 Å². The Hall–Kier alpha value is -2.24. The maximum atomic E-state index is 12.0. The standard InChI is InChI=1S/C12H16N4O2/c1-7(2)14-11(17)16-10-6-8(13)4-5-9(10)15(3)12(16)18/h4-7H,13H2,1-3H3,(H,14,17). The molecule has 96 valence electrons. The van der Waals surface area contributed by atoms with Crippen molar-refractivity contribution < 1.29 is 4.79 Å². The molecule has 0 radical (unpaired) electrons. The van der Waals surface area contributed by atoms with Crippen LogP contribution in [0.15, 0.2) is 23.0 Å². The molecule has 1 aromatic heterocycles. The molecule has 1 amide bonds. The van der Waals surface area contributed by atoms with E-state index in [9.17, 15) is 9.59 Å². The molecule has 2 aromatic rings. The quantitative estimate of drug-likeness (QED) is 0.735. The largest absolute Gasteiger partial charge is 0.399 e. The number of nitrogens with one attached hydrogen (secondary N) is 1. The molecule has 3 N–H and O–H groups in total. The third-order valence-electron chi connectivity index (χ3n) is 2.70. The van der Waals surface area contributed by atoms with Gasteiger partial charge in [-0.15, -0.1) is 0 Å². The van der Waals surface area contributed by atoms with Gasteiger partial charge in [0.15, 0.2) is 0 Å². The van der Waals surface area contributed by atoms with Crippen LogP contribution in [0.4, 0.5) is 10.5 Å². The highest BCUT2D eigenvalue weighted by Gasteiger charge is 2.17. The average molecular weight is 248 g/mol. The summed E-state index contributed by atoms with van der Waals surface area (Å²) in [6.45, 7) is 3.67. The van der Waals surface area contributed by atoms with Crippen molar-refractivity contribution in [1.29, 1.82) is 0 Å². The van der Waals surface area contributed by atoms with Crippen molar-refractivity contribution in [2.45, 2.75) is 19.9 Å². The van der Waals surface area contributed by atoms with Crippen LogP contribution in [0.5, 0.6) is 0 Å². The fourth-order valence-electron chi connectivity index (χ4n) is 1.87. The first-order chi connectivity index (χ1) is 8.41. The second kappa shape index (κ2) is 4.21. The van der Waals surface area contributed by atoms with E-state index in [2.05, 4.69) is 5.32 Å². The van der Waals surface area contributed by atoms with Gasteiger partial charge in [0.25, 0.3) is 0 Å². The zero-order chi connectivity index (χ0) is 13.4. The zero-order valence-corrected chi connectivity index (χ0v) is 10.6. The number of aromatic nitrogens is 2. The molecular weight excluding hydrogens is 232 g/mol.